The largest absolute Gasteiger partial charge is 0.466 e. The van der Waals surface area contributed by atoms with Crippen LogP contribution < -0.4 is 0 Å². The molecule has 0 fully saturated rings. The van der Waals surface area contributed by atoms with Gasteiger partial charge in [-0.05, 0) is 40.5 Å². The molecule has 0 heterocycles. The minimum Gasteiger partial charge on any atom is -0.466 e. The summed E-state index contributed by atoms with van der Waals surface area (Å²) < 4.78 is 4.93. The summed E-state index contributed by atoms with van der Waals surface area (Å²) in [4.78, 5) is 25.8. The van der Waals surface area contributed by atoms with E-state index in [9.17, 15) is 9.59 Å². The third kappa shape index (κ3) is 5.62. The Morgan fingerprint density at radius 1 is 1.00 bits per heavy atom. The first-order valence-corrected chi connectivity index (χ1v) is 7.20. The maximum Gasteiger partial charge on any atom is 0.306 e. The van der Waals surface area contributed by atoms with Crippen LogP contribution in [0.3, 0.4) is 0 Å². The molecule has 0 aliphatic rings. The second-order valence-corrected chi connectivity index (χ2v) is 5.71. The van der Waals surface area contributed by atoms with Crippen molar-refractivity contribution in [2.45, 2.75) is 67.0 Å². The highest BCUT2D eigenvalue weighted by Crippen LogP contribution is 2.21. The minimum absolute atomic E-state index is 0.00782. The molecule has 0 rings (SSSR count). The number of carbonyl (C=O) groups is 2. The Labute approximate surface area is 117 Å². The van der Waals surface area contributed by atoms with Gasteiger partial charge in [0.05, 0.1) is 6.61 Å². The zero-order chi connectivity index (χ0) is 15.2. The zero-order valence-electron chi connectivity index (χ0n) is 13.4. The van der Waals surface area contributed by atoms with Crippen LogP contribution in [0.15, 0.2) is 0 Å². The van der Waals surface area contributed by atoms with Gasteiger partial charge in [0.25, 0.3) is 0 Å². The molecule has 19 heavy (non-hydrogen) atoms. The predicted octanol–water partition coefficient (Wildman–Crippen LogP) is 2.86. The van der Waals surface area contributed by atoms with Gasteiger partial charge in [-0.25, -0.2) is 0 Å². The van der Waals surface area contributed by atoms with Gasteiger partial charge in [-0.3, -0.25) is 9.59 Å². The van der Waals surface area contributed by atoms with Crippen LogP contribution in [0, 0.1) is 11.8 Å². The lowest BCUT2D eigenvalue weighted by atomic mass is 9.91. The van der Waals surface area contributed by atoms with Crippen LogP contribution in [-0.2, 0) is 14.3 Å². The average molecular weight is 271 g/mol. The Morgan fingerprint density at radius 3 is 1.84 bits per heavy atom. The van der Waals surface area contributed by atoms with E-state index < -0.39 is 0 Å². The molecule has 0 aliphatic carbocycles. The molecule has 0 aromatic rings. The maximum atomic E-state index is 12.5. The van der Waals surface area contributed by atoms with E-state index in [2.05, 4.69) is 0 Å². The first kappa shape index (κ1) is 17.9. The molecule has 0 aromatic heterocycles. The summed E-state index contributed by atoms with van der Waals surface area (Å²) in [6.45, 7) is 14.1. The first-order valence-electron chi connectivity index (χ1n) is 7.20. The fourth-order valence-electron chi connectivity index (χ4n) is 2.24. The topological polar surface area (TPSA) is 46.6 Å². The summed E-state index contributed by atoms with van der Waals surface area (Å²) in [6.07, 6.45) is 0.296. The first-order chi connectivity index (χ1) is 8.72. The number of hydrogen-bond donors (Lipinski definition) is 0. The van der Waals surface area contributed by atoms with Gasteiger partial charge in [0.1, 0.15) is 0 Å². The van der Waals surface area contributed by atoms with Crippen LogP contribution in [0.4, 0.5) is 0 Å². The quantitative estimate of drug-likeness (QED) is 0.669. The average Bonchev–Trinajstić information content (AvgIpc) is 2.26. The number of amides is 1. The molecule has 0 saturated heterocycles. The molecule has 0 N–H and O–H groups in total. The fourth-order valence-corrected chi connectivity index (χ4v) is 2.24. The molecule has 112 valence electrons. The summed E-state index contributed by atoms with van der Waals surface area (Å²) in [5.41, 5.74) is 0. The zero-order valence-corrected chi connectivity index (χ0v) is 13.4. The van der Waals surface area contributed by atoms with Gasteiger partial charge in [-0.2, -0.15) is 0 Å². The van der Waals surface area contributed by atoms with E-state index in [1.807, 2.05) is 46.4 Å². The number of esters is 1. The Bertz CT molecular complexity index is 292. The Hall–Kier alpha value is -1.06. The summed E-state index contributed by atoms with van der Waals surface area (Å²) in [6, 6.07) is 0.342. The SMILES string of the molecule is CCOC(=O)C[C@H](C)[C@@H](C)C(=O)N(C(C)C)C(C)C. The van der Waals surface area contributed by atoms with Gasteiger partial charge in [0.2, 0.25) is 5.91 Å². The molecule has 0 radical (unpaired) electrons. The number of ether oxygens (including phenoxy) is 1. The summed E-state index contributed by atoms with van der Waals surface area (Å²) in [5, 5.41) is 0. The molecule has 0 aliphatic heterocycles. The Kier molecular flexibility index (Phi) is 7.72. The van der Waals surface area contributed by atoms with Crippen molar-refractivity contribution in [3.05, 3.63) is 0 Å². The number of hydrogen-bond acceptors (Lipinski definition) is 3. The van der Waals surface area contributed by atoms with Crippen molar-refractivity contribution >= 4 is 11.9 Å². The van der Waals surface area contributed by atoms with Crippen molar-refractivity contribution in [1.29, 1.82) is 0 Å². The van der Waals surface area contributed by atoms with Crippen LogP contribution in [0.1, 0.15) is 54.9 Å². The third-order valence-electron chi connectivity index (χ3n) is 3.40. The lowest BCUT2D eigenvalue weighted by Gasteiger charge is -2.34. The van der Waals surface area contributed by atoms with E-state index in [0.717, 1.165) is 0 Å². The molecule has 1 amide bonds. The van der Waals surface area contributed by atoms with E-state index in [1.54, 1.807) is 6.92 Å². The minimum atomic E-state index is -0.227. The highest BCUT2D eigenvalue weighted by atomic mass is 16.5. The Balaban J connectivity index is 4.65. The van der Waals surface area contributed by atoms with E-state index in [0.29, 0.717) is 13.0 Å². The molecular formula is C15H29NO3. The van der Waals surface area contributed by atoms with Crippen molar-refractivity contribution in [2.24, 2.45) is 11.8 Å². The van der Waals surface area contributed by atoms with Crippen LogP contribution >= 0.6 is 0 Å². The number of rotatable bonds is 7. The molecule has 0 unspecified atom stereocenters. The van der Waals surface area contributed by atoms with Crippen molar-refractivity contribution in [1.82, 2.24) is 4.90 Å². The summed E-state index contributed by atoms with van der Waals surface area (Å²) in [5.74, 6) is -0.294. The lowest BCUT2D eigenvalue weighted by Crippen LogP contribution is -2.46. The van der Waals surface area contributed by atoms with Crippen molar-refractivity contribution < 1.29 is 14.3 Å². The molecular weight excluding hydrogens is 242 g/mol. The summed E-state index contributed by atoms with van der Waals surface area (Å²) in [7, 11) is 0. The van der Waals surface area contributed by atoms with Gasteiger partial charge >= 0.3 is 5.97 Å². The summed E-state index contributed by atoms with van der Waals surface area (Å²) >= 11 is 0. The number of carbonyl (C=O) groups excluding carboxylic acids is 2. The standard InChI is InChI=1S/C15H29NO3/c1-8-19-14(17)9-12(6)13(7)15(18)16(10(2)3)11(4)5/h10-13H,8-9H2,1-7H3/t12-,13+/m0/s1. The van der Waals surface area contributed by atoms with Crippen molar-refractivity contribution in [2.75, 3.05) is 6.61 Å². The number of nitrogens with zero attached hydrogens (tertiary/aromatic N) is 1. The van der Waals surface area contributed by atoms with E-state index in [-0.39, 0.29) is 35.8 Å². The molecule has 0 bridgehead atoms. The fraction of sp³-hybridized carbons (Fsp3) is 0.867. The van der Waals surface area contributed by atoms with Crippen molar-refractivity contribution in [3.63, 3.8) is 0 Å². The van der Waals surface area contributed by atoms with Gasteiger partial charge in [-0.15, -0.1) is 0 Å². The maximum absolute atomic E-state index is 12.5. The smallest absolute Gasteiger partial charge is 0.306 e. The molecule has 0 saturated carbocycles. The van der Waals surface area contributed by atoms with Crippen LogP contribution in [-0.4, -0.2) is 35.5 Å². The molecule has 4 nitrogen and oxygen atoms in total. The van der Waals surface area contributed by atoms with Gasteiger partial charge in [0.15, 0.2) is 0 Å². The second-order valence-electron chi connectivity index (χ2n) is 5.71. The normalized spacial score (nSPS) is 14.4. The Morgan fingerprint density at radius 2 is 1.47 bits per heavy atom. The monoisotopic (exact) mass is 271 g/mol. The molecule has 0 aromatic carbocycles. The van der Waals surface area contributed by atoms with E-state index in [4.69, 9.17) is 4.74 Å². The highest BCUT2D eigenvalue weighted by molar-refractivity contribution is 5.80. The van der Waals surface area contributed by atoms with Gasteiger partial charge in [0, 0.05) is 24.4 Å². The van der Waals surface area contributed by atoms with Crippen molar-refractivity contribution in [3.8, 4) is 0 Å². The second kappa shape index (κ2) is 8.18. The van der Waals surface area contributed by atoms with Crippen LogP contribution in [0.5, 0.6) is 0 Å². The van der Waals surface area contributed by atoms with Crippen LogP contribution in [0.25, 0.3) is 0 Å². The molecule has 0 spiro atoms. The van der Waals surface area contributed by atoms with Gasteiger partial charge in [-0.1, -0.05) is 13.8 Å². The third-order valence-corrected chi connectivity index (χ3v) is 3.40. The van der Waals surface area contributed by atoms with Gasteiger partial charge < -0.3 is 9.64 Å². The molecule has 2 atom stereocenters. The molecule has 4 heteroatoms. The van der Waals surface area contributed by atoms with E-state index in [1.165, 1.54) is 0 Å². The highest BCUT2D eigenvalue weighted by Gasteiger charge is 2.29. The van der Waals surface area contributed by atoms with Crippen LogP contribution in [0.2, 0.25) is 0 Å². The predicted molar refractivity (Wildman–Crippen MR) is 76.7 cm³/mol. The lowest BCUT2D eigenvalue weighted by molar-refractivity contribution is -0.146. The van der Waals surface area contributed by atoms with E-state index >= 15 is 0 Å².